The Morgan fingerprint density at radius 3 is 2.13 bits per heavy atom. The van der Waals surface area contributed by atoms with E-state index in [2.05, 4.69) is 0 Å². The summed E-state index contributed by atoms with van der Waals surface area (Å²) in [7, 11) is 0. The van der Waals surface area contributed by atoms with E-state index < -0.39 is 34.9 Å². The van der Waals surface area contributed by atoms with Gasteiger partial charge in [-0.2, -0.15) is 0 Å². The fraction of sp³-hybridized carbons (Fsp3) is 0.400. The van der Waals surface area contributed by atoms with Crippen molar-refractivity contribution in [2.75, 3.05) is 0 Å². The molecule has 2 unspecified atom stereocenters. The van der Waals surface area contributed by atoms with Gasteiger partial charge in [0, 0.05) is 0 Å². The molecule has 2 atom stereocenters. The lowest BCUT2D eigenvalue weighted by molar-refractivity contribution is 0.162. The van der Waals surface area contributed by atoms with Crippen LogP contribution in [0.25, 0.3) is 0 Å². The van der Waals surface area contributed by atoms with Crippen LogP contribution in [-0.2, 0) is 0 Å². The van der Waals surface area contributed by atoms with Crippen molar-refractivity contribution < 1.29 is 22.0 Å². The van der Waals surface area contributed by atoms with Gasteiger partial charge in [0.2, 0.25) is 0 Å². The van der Waals surface area contributed by atoms with Crippen LogP contribution in [0.5, 0.6) is 0 Å². The van der Waals surface area contributed by atoms with Crippen molar-refractivity contribution in [1.29, 1.82) is 0 Å². The van der Waals surface area contributed by atoms with Gasteiger partial charge in [-0.1, -0.05) is 12.2 Å². The average molecular weight is 224 g/mol. The molecular weight excluding hydrogens is 215 g/mol. The number of hydrogen-bond donors (Lipinski definition) is 0. The van der Waals surface area contributed by atoms with E-state index in [1.165, 1.54) is 13.0 Å². The molecule has 0 heterocycles. The van der Waals surface area contributed by atoms with Gasteiger partial charge in [-0.25, -0.2) is 22.0 Å². The van der Waals surface area contributed by atoms with Crippen molar-refractivity contribution in [1.82, 2.24) is 0 Å². The summed E-state index contributed by atoms with van der Waals surface area (Å²) in [6.07, 6.45) is -0.345. The van der Waals surface area contributed by atoms with Crippen molar-refractivity contribution in [3.63, 3.8) is 0 Å². The van der Waals surface area contributed by atoms with Crippen LogP contribution in [0.4, 0.5) is 22.0 Å². The van der Waals surface area contributed by atoms with E-state index in [0.29, 0.717) is 0 Å². The predicted octanol–water partition coefficient (Wildman–Crippen LogP) is 4.22. The molecule has 0 aromatic carbocycles. The van der Waals surface area contributed by atoms with Crippen molar-refractivity contribution in [2.24, 2.45) is 5.41 Å². The number of rotatable bonds is 1. The van der Waals surface area contributed by atoms with Crippen molar-refractivity contribution in [2.45, 2.75) is 20.0 Å². The molecular formula is C10H9F5. The second-order valence-electron chi connectivity index (χ2n) is 3.44. The van der Waals surface area contributed by atoms with Crippen LogP contribution in [-0.4, -0.2) is 6.17 Å². The molecule has 0 saturated carbocycles. The van der Waals surface area contributed by atoms with E-state index in [1.54, 1.807) is 0 Å². The van der Waals surface area contributed by atoms with Gasteiger partial charge in [-0.15, -0.1) is 0 Å². The molecule has 15 heavy (non-hydrogen) atoms. The van der Waals surface area contributed by atoms with E-state index in [0.717, 1.165) is 13.0 Å². The van der Waals surface area contributed by atoms with Gasteiger partial charge in [0.15, 0.2) is 29.5 Å². The van der Waals surface area contributed by atoms with Crippen molar-refractivity contribution in [3.8, 4) is 0 Å². The maximum Gasteiger partial charge on any atom is 0.196 e. The summed E-state index contributed by atoms with van der Waals surface area (Å²) in [5.41, 5.74) is -2.11. The third-order valence-corrected chi connectivity index (χ3v) is 2.33. The minimum atomic E-state index is -2.55. The Kier molecular flexibility index (Phi) is 3.02. The highest BCUT2D eigenvalue weighted by Gasteiger charge is 2.47. The fourth-order valence-corrected chi connectivity index (χ4v) is 1.43. The first-order valence-electron chi connectivity index (χ1n) is 4.25. The standard InChI is InChI=1S/C10H9F5/c1-3-4-10(2)8(14)6(12)5(11)7(13)9(10)15/h3-4,8H,1-2H3. The Bertz CT molecular complexity index is 366. The van der Waals surface area contributed by atoms with Gasteiger partial charge in [0.1, 0.15) is 0 Å². The molecule has 84 valence electrons. The third-order valence-electron chi connectivity index (χ3n) is 2.33. The second-order valence-corrected chi connectivity index (χ2v) is 3.44. The third kappa shape index (κ3) is 1.60. The summed E-state index contributed by atoms with van der Waals surface area (Å²) < 4.78 is 64.9. The summed E-state index contributed by atoms with van der Waals surface area (Å²) in [6.45, 7) is 2.40. The van der Waals surface area contributed by atoms with Crippen LogP contribution in [0, 0.1) is 5.41 Å². The van der Waals surface area contributed by atoms with Gasteiger partial charge in [0.05, 0.1) is 5.41 Å². The molecule has 0 N–H and O–H groups in total. The quantitative estimate of drug-likeness (QED) is 0.462. The zero-order chi connectivity index (χ0) is 11.8. The Morgan fingerprint density at radius 2 is 1.67 bits per heavy atom. The smallest absolute Gasteiger partial charge is 0.196 e. The number of hydrogen-bond acceptors (Lipinski definition) is 0. The molecule has 0 amide bonds. The summed E-state index contributed by atoms with van der Waals surface area (Å²) in [5.74, 6) is -7.61. The maximum atomic E-state index is 13.3. The normalized spacial score (nSPS) is 33.1. The van der Waals surface area contributed by atoms with Crippen LogP contribution in [0.3, 0.4) is 0 Å². The SMILES string of the molecule is CC=CC1(C)C(F)=C(F)C(F)=C(F)C1F. The number of alkyl halides is 1. The predicted molar refractivity (Wildman–Crippen MR) is 46.3 cm³/mol. The topological polar surface area (TPSA) is 0 Å². The lowest BCUT2D eigenvalue weighted by Crippen LogP contribution is -2.32. The lowest BCUT2D eigenvalue weighted by atomic mass is 9.79. The zero-order valence-corrected chi connectivity index (χ0v) is 8.12. The molecule has 0 aromatic heterocycles. The van der Waals surface area contributed by atoms with Crippen molar-refractivity contribution >= 4 is 0 Å². The van der Waals surface area contributed by atoms with Crippen molar-refractivity contribution in [3.05, 3.63) is 35.5 Å². The Morgan fingerprint density at radius 1 is 1.13 bits per heavy atom. The molecule has 0 aromatic rings. The highest BCUT2D eigenvalue weighted by atomic mass is 19.2. The maximum absolute atomic E-state index is 13.3. The highest BCUT2D eigenvalue weighted by Crippen LogP contribution is 2.48. The Labute approximate surface area is 83.8 Å². The van der Waals surface area contributed by atoms with Crippen LogP contribution in [0.2, 0.25) is 0 Å². The van der Waals surface area contributed by atoms with E-state index in [4.69, 9.17) is 0 Å². The minimum Gasteiger partial charge on any atom is -0.238 e. The number of allylic oxidation sites excluding steroid dienone is 6. The molecule has 0 bridgehead atoms. The average Bonchev–Trinajstić information content (AvgIpc) is 2.22. The van der Waals surface area contributed by atoms with Crippen LogP contribution in [0.15, 0.2) is 35.5 Å². The zero-order valence-electron chi connectivity index (χ0n) is 8.12. The molecule has 0 spiro atoms. The molecule has 0 aliphatic heterocycles. The summed E-state index contributed by atoms with van der Waals surface area (Å²) in [6, 6.07) is 0. The van der Waals surface area contributed by atoms with E-state index >= 15 is 0 Å². The first kappa shape index (κ1) is 11.9. The van der Waals surface area contributed by atoms with Gasteiger partial charge in [0.25, 0.3) is 0 Å². The van der Waals surface area contributed by atoms with Gasteiger partial charge in [-0.3, -0.25) is 0 Å². The summed E-state index contributed by atoms with van der Waals surface area (Å²) >= 11 is 0. The van der Waals surface area contributed by atoms with E-state index in [9.17, 15) is 22.0 Å². The van der Waals surface area contributed by atoms with E-state index in [1.807, 2.05) is 0 Å². The molecule has 0 radical (unpaired) electrons. The fourth-order valence-electron chi connectivity index (χ4n) is 1.43. The van der Waals surface area contributed by atoms with Crippen LogP contribution >= 0.6 is 0 Å². The van der Waals surface area contributed by atoms with Gasteiger partial charge in [-0.05, 0) is 13.8 Å². The molecule has 1 rings (SSSR count). The first-order chi connectivity index (χ1) is 6.86. The Hall–Kier alpha value is -1.13. The largest absolute Gasteiger partial charge is 0.238 e. The Balaban J connectivity index is 3.38. The second kappa shape index (κ2) is 3.79. The first-order valence-corrected chi connectivity index (χ1v) is 4.25. The lowest BCUT2D eigenvalue weighted by Gasteiger charge is -2.30. The summed E-state index contributed by atoms with van der Waals surface area (Å²) in [5, 5.41) is 0. The summed E-state index contributed by atoms with van der Waals surface area (Å²) in [4.78, 5) is 0. The van der Waals surface area contributed by atoms with Gasteiger partial charge < -0.3 is 0 Å². The monoisotopic (exact) mass is 224 g/mol. The molecule has 1 aliphatic carbocycles. The minimum absolute atomic E-state index is 0.957. The van der Waals surface area contributed by atoms with Crippen LogP contribution < -0.4 is 0 Å². The van der Waals surface area contributed by atoms with E-state index in [-0.39, 0.29) is 0 Å². The van der Waals surface area contributed by atoms with Gasteiger partial charge >= 0.3 is 0 Å². The molecule has 0 nitrogen and oxygen atoms in total. The molecule has 0 fully saturated rings. The molecule has 5 heteroatoms. The number of halogens is 5. The highest BCUT2D eigenvalue weighted by molar-refractivity contribution is 5.39. The molecule has 0 saturated heterocycles. The molecule has 1 aliphatic rings. The van der Waals surface area contributed by atoms with Crippen LogP contribution in [0.1, 0.15) is 13.8 Å².